The van der Waals surface area contributed by atoms with Crippen molar-refractivity contribution in [1.29, 1.82) is 0 Å². The van der Waals surface area contributed by atoms with Gasteiger partial charge in [0.2, 0.25) is 5.95 Å². The lowest BCUT2D eigenvalue weighted by atomic mass is 10.2. The van der Waals surface area contributed by atoms with Crippen molar-refractivity contribution in [1.82, 2.24) is 9.55 Å². The Morgan fingerprint density at radius 2 is 2.11 bits per heavy atom. The van der Waals surface area contributed by atoms with Crippen molar-refractivity contribution in [2.45, 2.75) is 26.9 Å². The van der Waals surface area contributed by atoms with E-state index in [1.807, 2.05) is 24.6 Å². The highest BCUT2D eigenvalue weighted by Gasteiger charge is 2.07. The largest absolute Gasteiger partial charge is 0.351 e. The highest BCUT2D eigenvalue weighted by molar-refractivity contribution is 5.31. The van der Waals surface area contributed by atoms with Crippen LogP contribution in [0.25, 0.3) is 0 Å². The molecule has 0 fully saturated rings. The molecule has 1 aromatic carbocycles. The summed E-state index contributed by atoms with van der Waals surface area (Å²) in [5.74, 6) is -0.197. The summed E-state index contributed by atoms with van der Waals surface area (Å²) >= 11 is 0. The number of anilines is 1. The van der Waals surface area contributed by atoms with Gasteiger partial charge in [-0.1, -0.05) is 0 Å². The number of hydrogen-bond donors (Lipinski definition) is 1. The Kier molecular flexibility index (Phi) is 3.60. The Bertz CT molecular complexity index is 549. The van der Waals surface area contributed by atoms with Gasteiger partial charge in [0, 0.05) is 24.8 Å². The van der Waals surface area contributed by atoms with Gasteiger partial charge in [0.15, 0.2) is 0 Å². The number of nitrogens with zero attached hydrogens (tertiary/aromatic N) is 2. The number of aromatic nitrogens is 2. The molecule has 96 valence electrons. The zero-order valence-corrected chi connectivity index (χ0v) is 10.4. The van der Waals surface area contributed by atoms with E-state index >= 15 is 0 Å². The number of rotatable bonds is 4. The van der Waals surface area contributed by atoms with Crippen LogP contribution in [0.1, 0.15) is 18.2 Å². The fourth-order valence-corrected chi connectivity index (χ4v) is 1.78. The quantitative estimate of drug-likeness (QED) is 0.904. The van der Waals surface area contributed by atoms with Crippen LogP contribution in [-0.2, 0) is 13.1 Å². The summed E-state index contributed by atoms with van der Waals surface area (Å²) in [6.07, 6.45) is 1.91. The van der Waals surface area contributed by atoms with Gasteiger partial charge in [-0.3, -0.25) is 0 Å². The molecule has 1 aromatic heterocycles. The zero-order chi connectivity index (χ0) is 13.1. The van der Waals surface area contributed by atoms with E-state index in [-0.39, 0.29) is 6.54 Å². The molecule has 2 aromatic rings. The molecule has 0 bridgehead atoms. The summed E-state index contributed by atoms with van der Waals surface area (Å²) in [4.78, 5) is 4.28. The molecule has 0 aliphatic carbocycles. The first-order valence-corrected chi connectivity index (χ1v) is 5.81. The first-order chi connectivity index (χ1) is 8.60. The van der Waals surface area contributed by atoms with Gasteiger partial charge in [0.05, 0.1) is 5.69 Å². The van der Waals surface area contributed by atoms with Crippen molar-refractivity contribution >= 4 is 5.95 Å². The van der Waals surface area contributed by atoms with Crippen LogP contribution in [0.3, 0.4) is 0 Å². The molecule has 18 heavy (non-hydrogen) atoms. The molecule has 0 spiro atoms. The van der Waals surface area contributed by atoms with E-state index in [1.165, 1.54) is 6.07 Å². The van der Waals surface area contributed by atoms with E-state index < -0.39 is 11.6 Å². The molecule has 3 nitrogen and oxygen atoms in total. The maximum absolute atomic E-state index is 13.4. The molecule has 1 N–H and O–H groups in total. The van der Waals surface area contributed by atoms with Gasteiger partial charge in [-0.05, 0) is 32.0 Å². The van der Waals surface area contributed by atoms with E-state index in [2.05, 4.69) is 10.3 Å². The van der Waals surface area contributed by atoms with Gasteiger partial charge in [0.1, 0.15) is 11.6 Å². The van der Waals surface area contributed by atoms with Crippen molar-refractivity contribution in [3.8, 4) is 0 Å². The smallest absolute Gasteiger partial charge is 0.203 e. The number of benzene rings is 1. The highest BCUT2D eigenvalue weighted by Crippen LogP contribution is 2.13. The first kappa shape index (κ1) is 12.5. The standard InChI is InChI=1S/C13H15F2N3/c1-3-18-8-9(2)17-13(18)16-7-10-6-11(14)4-5-12(10)15/h4-6,8H,3,7H2,1-2H3,(H,16,17). The van der Waals surface area contributed by atoms with E-state index in [9.17, 15) is 8.78 Å². The molecular formula is C13H15F2N3. The summed E-state index contributed by atoms with van der Waals surface area (Å²) < 4.78 is 28.4. The van der Waals surface area contributed by atoms with Crippen LogP contribution in [-0.4, -0.2) is 9.55 Å². The minimum atomic E-state index is -0.441. The lowest BCUT2D eigenvalue weighted by Crippen LogP contribution is -2.07. The Hall–Kier alpha value is -1.91. The molecule has 0 unspecified atom stereocenters. The first-order valence-electron chi connectivity index (χ1n) is 5.81. The Balaban J connectivity index is 2.13. The Morgan fingerprint density at radius 1 is 1.33 bits per heavy atom. The molecule has 0 amide bonds. The van der Waals surface area contributed by atoms with E-state index in [1.54, 1.807) is 0 Å². The number of aryl methyl sites for hydroxylation is 2. The average Bonchev–Trinajstić information content (AvgIpc) is 2.71. The second kappa shape index (κ2) is 5.16. The summed E-state index contributed by atoms with van der Waals surface area (Å²) in [6.45, 7) is 4.87. The van der Waals surface area contributed by atoms with Crippen LogP contribution < -0.4 is 5.32 Å². The average molecular weight is 251 g/mol. The van der Waals surface area contributed by atoms with Crippen molar-refractivity contribution < 1.29 is 8.78 Å². The molecule has 0 aliphatic rings. The van der Waals surface area contributed by atoms with Gasteiger partial charge in [0.25, 0.3) is 0 Å². The molecular weight excluding hydrogens is 236 g/mol. The highest BCUT2D eigenvalue weighted by atomic mass is 19.1. The van der Waals surface area contributed by atoms with Crippen LogP contribution >= 0.6 is 0 Å². The van der Waals surface area contributed by atoms with Crippen LogP contribution in [0.2, 0.25) is 0 Å². The minimum Gasteiger partial charge on any atom is -0.351 e. The monoisotopic (exact) mass is 251 g/mol. The van der Waals surface area contributed by atoms with Crippen LogP contribution in [0.5, 0.6) is 0 Å². The number of hydrogen-bond acceptors (Lipinski definition) is 2. The SMILES string of the molecule is CCn1cc(C)nc1NCc1cc(F)ccc1F. The van der Waals surface area contributed by atoms with Gasteiger partial charge >= 0.3 is 0 Å². The fraction of sp³-hybridized carbons (Fsp3) is 0.308. The molecule has 2 rings (SSSR count). The van der Waals surface area contributed by atoms with E-state index in [0.29, 0.717) is 11.5 Å². The Morgan fingerprint density at radius 3 is 2.83 bits per heavy atom. The van der Waals surface area contributed by atoms with Crippen LogP contribution in [0.15, 0.2) is 24.4 Å². The van der Waals surface area contributed by atoms with Gasteiger partial charge < -0.3 is 9.88 Å². The van der Waals surface area contributed by atoms with Crippen molar-refractivity contribution in [3.05, 3.63) is 47.3 Å². The third-order valence-electron chi connectivity index (χ3n) is 2.68. The lowest BCUT2D eigenvalue weighted by Gasteiger charge is -2.08. The molecule has 1 heterocycles. The number of imidazole rings is 1. The molecule has 0 atom stereocenters. The van der Waals surface area contributed by atoms with Gasteiger partial charge in [-0.25, -0.2) is 13.8 Å². The molecule has 0 saturated carbocycles. The Labute approximate surface area is 104 Å². The normalized spacial score (nSPS) is 10.7. The predicted molar refractivity (Wildman–Crippen MR) is 66.3 cm³/mol. The fourth-order valence-electron chi connectivity index (χ4n) is 1.78. The van der Waals surface area contributed by atoms with E-state index in [4.69, 9.17) is 0 Å². The van der Waals surface area contributed by atoms with E-state index in [0.717, 1.165) is 24.4 Å². The van der Waals surface area contributed by atoms with Gasteiger partial charge in [-0.2, -0.15) is 0 Å². The van der Waals surface area contributed by atoms with Crippen molar-refractivity contribution in [3.63, 3.8) is 0 Å². The van der Waals surface area contributed by atoms with Gasteiger partial charge in [-0.15, -0.1) is 0 Å². The summed E-state index contributed by atoms with van der Waals surface area (Å²) in [5.41, 5.74) is 1.18. The summed E-state index contributed by atoms with van der Waals surface area (Å²) in [6, 6.07) is 3.42. The van der Waals surface area contributed by atoms with Crippen molar-refractivity contribution in [2.24, 2.45) is 0 Å². The third kappa shape index (κ3) is 2.67. The molecule has 0 radical (unpaired) electrons. The molecule has 5 heteroatoms. The second-order valence-corrected chi connectivity index (χ2v) is 4.08. The third-order valence-corrected chi connectivity index (χ3v) is 2.68. The number of halogens is 2. The van der Waals surface area contributed by atoms with Crippen molar-refractivity contribution in [2.75, 3.05) is 5.32 Å². The summed E-state index contributed by atoms with van der Waals surface area (Å²) in [5, 5.41) is 3.01. The summed E-state index contributed by atoms with van der Waals surface area (Å²) in [7, 11) is 0. The maximum Gasteiger partial charge on any atom is 0.203 e. The zero-order valence-electron chi connectivity index (χ0n) is 10.4. The molecule has 0 saturated heterocycles. The topological polar surface area (TPSA) is 29.9 Å². The number of nitrogens with one attached hydrogen (secondary N) is 1. The molecule has 0 aliphatic heterocycles. The lowest BCUT2D eigenvalue weighted by molar-refractivity contribution is 0.587. The maximum atomic E-state index is 13.4. The van der Waals surface area contributed by atoms with Crippen LogP contribution in [0.4, 0.5) is 14.7 Å². The van der Waals surface area contributed by atoms with Crippen LogP contribution in [0, 0.1) is 18.6 Å². The minimum absolute atomic E-state index is 0.208. The predicted octanol–water partition coefficient (Wildman–Crippen LogP) is 3.10. The second-order valence-electron chi connectivity index (χ2n) is 4.08.